The minimum atomic E-state index is -0.478. The van der Waals surface area contributed by atoms with E-state index in [9.17, 15) is 9.59 Å². The normalized spacial score (nSPS) is 17.1. The Labute approximate surface area is 217 Å². The van der Waals surface area contributed by atoms with Crippen LogP contribution in [-0.4, -0.2) is 56.6 Å². The lowest BCUT2D eigenvalue weighted by Crippen LogP contribution is -2.48. The minimum absolute atomic E-state index is 0.0469. The maximum atomic E-state index is 13.7. The third-order valence-electron chi connectivity index (χ3n) is 6.74. The predicted molar refractivity (Wildman–Crippen MR) is 146 cm³/mol. The van der Waals surface area contributed by atoms with Crippen LogP contribution in [-0.2, 0) is 9.53 Å². The Morgan fingerprint density at radius 2 is 1.97 bits per heavy atom. The summed E-state index contributed by atoms with van der Waals surface area (Å²) in [5, 5.41) is 5.18. The number of hydrogen-bond donors (Lipinski definition) is 1. The first-order valence-electron chi connectivity index (χ1n) is 12.6. The van der Waals surface area contributed by atoms with Crippen molar-refractivity contribution < 1.29 is 14.3 Å². The Hall–Kier alpha value is -3.16. The fraction of sp³-hybridized carbons (Fsp3) is 0.379. The van der Waals surface area contributed by atoms with Gasteiger partial charge in [-0.25, -0.2) is 0 Å². The number of thiophene rings is 1. The molecule has 190 valence electrons. The second-order valence-corrected chi connectivity index (χ2v) is 10.1. The Morgan fingerprint density at radius 1 is 1.14 bits per heavy atom. The maximum absolute atomic E-state index is 13.7. The van der Waals surface area contributed by atoms with E-state index in [4.69, 9.17) is 4.74 Å². The molecule has 0 fully saturated rings. The zero-order chi connectivity index (χ0) is 25.5. The van der Waals surface area contributed by atoms with Crippen LogP contribution in [0.5, 0.6) is 0 Å². The molecule has 2 amide bonds. The second kappa shape index (κ2) is 12.2. The van der Waals surface area contributed by atoms with E-state index in [-0.39, 0.29) is 17.9 Å². The largest absolute Gasteiger partial charge is 0.383 e. The first-order chi connectivity index (χ1) is 17.5. The van der Waals surface area contributed by atoms with Crippen LogP contribution < -0.4 is 10.2 Å². The van der Waals surface area contributed by atoms with Gasteiger partial charge in [0.25, 0.3) is 5.91 Å². The Kier molecular flexibility index (Phi) is 8.78. The molecular formula is C29H35N3O3S. The third-order valence-corrected chi connectivity index (χ3v) is 7.69. The third kappa shape index (κ3) is 5.63. The number of fused-ring (bicyclic) bond motifs is 1. The van der Waals surface area contributed by atoms with Crippen LogP contribution in [0.1, 0.15) is 51.7 Å². The first-order valence-corrected chi connectivity index (χ1v) is 13.4. The summed E-state index contributed by atoms with van der Waals surface area (Å²) in [4.78, 5) is 32.3. The van der Waals surface area contributed by atoms with Gasteiger partial charge in [0.2, 0.25) is 5.91 Å². The standard InChI is InChI=1S/C29H35N3O3S/c1-4-31(22-11-7-10-21(2)20-22)16-9-15-30-28(33)26-23-12-5-6-13-24(23)29(34)32(17-18-35-3)27(26)25-14-8-19-36-25/h5-8,10-14,19-20,26-27H,4,9,15-18H2,1-3H3,(H,30,33)/t26-,27-/m1/s1. The lowest BCUT2D eigenvalue weighted by molar-refractivity contribution is -0.124. The van der Waals surface area contributed by atoms with Crippen molar-refractivity contribution in [3.8, 4) is 0 Å². The van der Waals surface area contributed by atoms with E-state index in [1.165, 1.54) is 11.3 Å². The molecule has 0 radical (unpaired) electrons. The van der Waals surface area contributed by atoms with Crippen molar-refractivity contribution in [3.63, 3.8) is 0 Å². The van der Waals surface area contributed by atoms with Gasteiger partial charge in [-0.2, -0.15) is 0 Å². The molecule has 0 spiro atoms. The molecule has 1 aromatic heterocycles. The van der Waals surface area contributed by atoms with Gasteiger partial charge in [0.1, 0.15) is 0 Å². The smallest absolute Gasteiger partial charge is 0.254 e. The van der Waals surface area contributed by atoms with Crippen LogP contribution in [0.2, 0.25) is 0 Å². The number of nitrogens with one attached hydrogen (secondary N) is 1. The quantitative estimate of drug-likeness (QED) is 0.372. The number of aryl methyl sites for hydroxylation is 1. The minimum Gasteiger partial charge on any atom is -0.383 e. The molecule has 0 unspecified atom stereocenters. The molecule has 0 saturated heterocycles. The fourth-order valence-electron chi connectivity index (χ4n) is 4.97. The maximum Gasteiger partial charge on any atom is 0.254 e. The Balaban J connectivity index is 1.52. The molecule has 4 rings (SSSR count). The zero-order valence-corrected chi connectivity index (χ0v) is 22.1. The SMILES string of the molecule is CCN(CCCNC(=O)[C@@H]1c2ccccc2C(=O)N(CCOC)[C@@H]1c1cccs1)c1cccc(C)c1. The van der Waals surface area contributed by atoms with Gasteiger partial charge in [0.15, 0.2) is 0 Å². The lowest BCUT2D eigenvalue weighted by Gasteiger charge is -2.41. The molecule has 0 aliphatic carbocycles. The molecule has 7 heteroatoms. The first kappa shape index (κ1) is 25.9. The summed E-state index contributed by atoms with van der Waals surface area (Å²) in [7, 11) is 1.63. The fourth-order valence-corrected chi connectivity index (χ4v) is 5.85. The number of ether oxygens (including phenoxy) is 1. The van der Waals surface area contributed by atoms with E-state index in [0.717, 1.165) is 30.0 Å². The van der Waals surface area contributed by atoms with E-state index >= 15 is 0 Å². The van der Waals surface area contributed by atoms with E-state index in [1.807, 2.05) is 41.8 Å². The lowest BCUT2D eigenvalue weighted by atomic mass is 9.81. The van der Waals surface area contributed by atoms with Crippen LogP contribution in [0.4, 0.5) is 5.69 Å². The van der Waals surface area contributed by atoms with Gasteiger partial charge in [0.05, 0.1) is 18.6 Å². The number of benzene rings is 2. The number of carbonyl (C=O) groups excluding carboxylic acids is 2. The molecule has 1 N–H and O–H groups in total. The molecule has 2 atom stereocenters. The summed E-state index contributed by atoms with van der Waals surface area (Å²) in [6.45, 7) is 7.43. The van der Waals surface area contributed by atoms with Crippen LogP contribution >= 0.6 is 11.3 Å². The highest BCUT2D eigenvalue weighted by Crippen LogP contribution is 2.44. The number of nitrogens with zero attached hydrogens (tertiary/aromatic N) is 2. The number of amides is 2. The predicted octanol–water partition coefficient (Wildman–Crippen LogP) is 5.02. The highest BCUT2D eigenvalue weighted by Gasteiger charge is 2.44. The molecule has 2 heterocycles. The van der Waals surface area contributed by atoms with Crippen molar-refractivity contribution in [1.29, 1.82) is 0 Å². The van der Waals surface area contributed by atoms with Gasteiger partial charge >= 0.3 is 0 Å². The van der Waals surface area contributed by atoms with E-state index in [1.54, 1.807) is 23.3 Å². The summed E-state index contributed by atoms with van der Waals surface area (Å²) in [6, 6.07) is 19.6. The van der Waals surface area contributed by atoms with Crippen LogP contribution in [0.15, 0.2) is 66.0 Å². The summed E-state index contributed by atoms with van der Waals surface area (Å²) in [5.41, 5.74) is 3.83. The monoisotopic (exact) mass is 505 g/mol. The molecule has 0 bridgehead atoms. The molecule has 36 heavy (non-hydrogen) atoms. The van der Waals surface area contributed by atoms with Crippen molar-refractivity contribution >= 4 is 28.8 Å². The Morgan fingerprint density at radius 3 is 2.69 bits per heavy atom. The molecule has 1 aliphatic heterocycles. The van der Waals surface area contributed by atoms with Crippen LogP contribution in [0.3, 0.4) is 0 Å². The van der Waals surface area contributed by atoms with E-state index in [0.29, 0.717) is 25.3 Å². The second-order valence-electron chi connectivity index (χ2n) is 9.08. The van der Waals surface area contributed by atoms with Gasteiger partial charge in [-0.05, 0) is 61.0 Å². The molecule has 1 aliphatic rings. The molecule has 3 aromatic rings. The van der Waals surface area contributed by atoms with E-state index in [2.05, 4.69) is 48.3 Å². The summed E-state index contributed by atoms with van der Waals surface area (Å²) >= 11 is 1.58. The van der Waals surface area contributed by atoms with Gasteiger partial charge in [-0.3, -0.25) is 9.59 Å². The average Bonchev–Trinajstić information content (AvgIpc) is 3.42. The summed E-state index contributed by atoms with van der Waals surface area (Å²) < 4.78 is 5.30. The van der Waals surface area contributed by atoms with Crippen molar-refractivity contribution in [2.45, 2.75) is 32.2 Å². The average molecular weight is 506 g/mol. The number of carbonyl (C=O) groups is 2. The molecular weight excluding hydrogens is 470 g/mol. The van der Waals surface area contributed by atoms with Gasteiger partial charge in [-0.15, -0.1) is 11.3 Å². The summed E-state index contributed by atoms with van der Waals surface area (Å²) in [6.07, 6.45) is 0.831. The van der Waals surface area contributed by atoms with E-state index < -0.39 is 5.92 Å². The number of rotatable bonds is 11. The topological polar surface area (TPSA) is 61.9 Å². The van der Waals surface area contributed by atoms with Crippen LogP contribution in [0.25, 0.3) is 0 Å². The van der Waals surface area contributed by atoms with Gasteiger partial charge in [-0.1, -0.05) is 36.4 Å². The molecule has 0 saturated carbocycles. The van der Waals surface area contributed by atoms with Crippen molar-refractivity contribution in [1.82, 2.24) is 10.2 Å². The Bertz CT molecular complexity index is 1160. The summed E-state index contributed by atoms with van der Waals surface area (Å²) in [5.74, 6) is -0.579. The van der Waals surface area contributed by atoms with Gasteiger partial charge < -0.3 is 19.9 Å². The van der Waals surface area contributed by atoms with Crippen molar-refractivity contribution in [2.75, 3.05) is 44.8 Å². The number of hydrogen-bond acceptors (Lipinski definition) is 5. The van der Waals surface area contributed by atoms with Crippen molar-refractivity contribution in [2.24, 2.45) is 0 Å². The zero-order valence-electron chi connectivity index (χ0n) is 21.3. The number of methoxy groups -OCH3 is 1. The van der Waals surface area contributed by atoms with Crippen molar-refractivity contribution in [3.05, 3.63) is 87.6 Å². The number of anilines is 1. The molecule has 6 nitrogen and oxygen atoms in total. The van der Waals surface area contributed by atoms with Crippen LogP contribution in [0, 0.1) is 6.92 Å². The van der Waals surface area contributed by atoms with Gasteiger partial charge in [0, 0.05) is 49.4 Å². The molecule has 2 aromatic carbocycles. The highest BCUT2D eigenvalue weighted by atomic mass is 32.1. The highest BCUT2D eigenvalue weighted by molar-refractivity contribution is 7.10.